The topological polar surface area (TPSA) is 49.3 Å². The van der Waals surface area contributed by atoms with Crippen molar-refractivity contribution in [2.24, 2.45) is 5.92 Å². The summed E-state index contributed by atoms with van der Waals surface area (Å²) in [6, 6.07) is 0. The Labute approximate surface area is 118 Å². The van der Waals surface area contributed by atoms with Gasteiger partial charge in [0.15, 0.2) is 0 Å². The molecule has 1 saturated carbocycles. The van der Waals surface area contributed by atoms with Crippen molar-refractivity contribution < 1.29 is 9.90 Å². The van der Waals surface area contributed by atoms with Gasteiger partial charge in [0.1, 0.15) is 0 Å². The molecule has 0 aromatic rings. The maximum absolute atomic E-state index is 11.7. The average molecular weight is 269 g/mol. The van der Waals surface area contributed by atoms with E-state index < -0.39 is 5.60 Å². The molecular formula is C16H31NO2. The number of rotatable bonds is 8. The minimum Gasteiger partial charge on any atom is -0.388 e. The molecule has 0 bridgehead atoms. The first-order chi connectivity index (χ1) is 9.09. The molecule has 1 aliphatic rings. The van der Waals surface area contributed by atoms with Crippen LogP contribution in [-0.4, -0.2) is 23.2 Å². The lowest BCUT2D eigenvalue weighted by Crippen LogP contribution is -2.41. The van der Waals surface area contributed by atoms with Crippen LogP contribution in [0.2, 0.25) is 0 Å². The average Bonchev–Trinajstić information content (AvgIpc) is 2.46. The minimum absolute atomic E-state index is 0.0936. The maximum atomic E-state index is 11.7. The zero-order valence-corrected chi connectivity index (χ0v) is 12.7. The molecule has 1 amide bonds. The van der Waals surface area contributed by atoms with E-state index in [9.17, 15) is 9.90 Å². The predicted octanol–water partition coefficient (Wildman–Crippen LogP) is 3.40. The number of hydrogen-bond donors (Lipinski definition) is 2. The van der Waals surface area contributed by atoms with Crippen molar-refractivity contribution >= 4 is 5.91 Å². The molecule has 0 aromatic heterocycles. The van der Waals surface area contributed by atoms with Crippen molar-refractivity contribution in [1.82, 2.24) is 5.32 Å². The number of amides is 1. The van der Waals surface area contributed by atoms with Crippen LogP contribution in [0.3, 0.4) is 0 Å². The third-order valence-corrected chi connectivity index (χ3v) is 4.67. The van der Waals surface area contributed by atoms with E-state index in [2.05, 4.69) is 5.32 Å². The summed E-state index contributed by atoms with van der Waals surface area (Å²) in [6.45, 7) is 4.31. The molecule has 1 fully saturated rings. The second kappa shape index (κ2) is 8.57. The molecule has 0 radical (unpaired) electrons. The van der Waals surface area contributed by atoms with Gasteiger partial charge in [-0.15, -0.1) is 0 Å². The first kappa shape index (κ1) is 16.5. The lowest BCUT2D eigenvalue weighted by molar-refractivity contribution is -0.122. The molecule has 3 nitrogen and oxygen atoms in total. The Hall–Kier alpha value is -0.570. The first-order valence-corrected chi connectivity index (χ1v) is 8.08. The molecule has 0 unspecified atom stereocenters. The highest BCUT2D eigenvalue weighted by Crippen LogP contribution is 2.27. The van der Waals surface area contributed by atoms with Gasteiger partial charge < -0.3 is 10.4 Å². The fraction of sp³-hybridized carbons (Fsp3) is 0.938. The Bertz CT molecular complexity index is 255. The van der Waals surface area contributed by atoms with Crippen LogP contribution in [0.5, 0.6) is 0 Å². The van der Waals surface area contributed by atoms with Gasteiger partial charge in [-0.3, -0.25) is 4.79 Å². The second-order valence-corrected chi connectivity index (χ2v) is 6.10. The van der Waals surface area contributed by atoms with E-state index in [0.29, 0.717) is 25.8 Å². The summed E-state index contributed by atoms with van der Waals surface area (Å²) in [5, 5.41) is 13.0. The molecule has 112 valence electrons. The van der Waals surface area contributed by atoms with Gasteiger partial charge in [-0.1, -0.05) is 46.0 Å². The fourth-order valence-corrected chi connectivity index (χ4v) is 2.88. The summed E-state index contributed by atoms with van der Waals surface area (Å²) in [4.78, 5) is 11.7. The van der Waals surface area contributed by atoms with Crippen LogP contribution in [0, 0.1) is 5.92 Å². The zero-order chi connectivity index (χ0) is 14.1. The first-order valence-electron chi connectivity index (χ1n) is 8.08. The summed E-state index contributed by atoms with van der Waals surface area (Å²) < 4.78 is 0. The van der Waals surface area contributed by atoms with E-state index >= 15 is 0 Å². The van der Waals surface area contributed by atoms with E-state index in [4.69, 9.17) is 0 Å². The summed E-state index contributed by atoms with van der Waals surface area (Å²) >= 11 is 0. The lowest BCUT2D eigenvalue weighted by atomic mass is 9.86. The smallest absolute Gasteiger partial charge is 0.220 e. The highest BCUT2D eigenvalue weighted by molar-refractivity contribution is 5.75. The van der Waals surface area contributed by atoms with E-state index in [1.165, 1.54) is 38.5 Å². The van der Waals surface area contributed by atoms with Gasteiger partial charge in [0, 0.05) is 13.0 Å². The molecule has 19 heavy (non-hydrogen) atoms. The molecule has 0 aromatic carbocycles. The molecule has 2 N–H and O–H groups in total. The van der Waals surface area contributed by atoms with Gasteiger partial charge >= 0.3 is 0 Å². The van der Waals surface area contributed by atoms with Gasteiger partial charge in [-0.2, -0.15) is 0 Å². The normalized spacial score (nSPS) is 17.4. The standard InChI is InChI=1S/C16H31NO2/c1-3-16(19,4-2)13-17-15(18)12-8-11-14-9-6-5-7-10-14/h14,19H,3-13H2,1-2H3,(H,17,18). The van der Waals surface area contributed by atoms with Crippen LogP contribution >= 0.6 is 0 Å². The van der Waals surface area contributed by atoms with E-state index in [0.717, 1.165) is 12.3 Å². The Balaban J connectivity index is 2.10. The van der Waals surface area contributed by atoms with Crippen molar-refractivity contribution in [3.05, 3.63) is 0 Å². The Morgan fingerprint density at radius 3 is 2.42 bits per heavy atom. The molecule has 0 spiro atoms. The van der Waals surface area contributed by atoms with Crippen LogP contribution in [0.1, 0.15) is 78.1 Å². The van der Waals surface area contributed by atoms with E-state index in [1.54, 1.807) is 0 Å². The molecule has 1 aliphatic carbocycles. The van der Waals surface area contributed by atoms with Gasteiger partial charge in [0.2, 0.25) is 5.91 Å². The van der Waals surface area contributed by atoms with Crippen LogP contribution in [-0.2, 0) is 4.79 Å². The van der Waals surface area contributed by atoms with Gasteiger partial charge in [-0.25, -0.2) is 0 Å². The van der Waals surface area contributed by atoms with E-state index in [1.807, 2.05) is 13.8 Å². The fourth-order valence-electron chi connectivity index (χ4n) is 2.88. The van der Waals surface area contributed by atoms with Crippen molar-refractivity contribution in [1.29, 1.82) is 0 Å². The van der Waals surface area contributed by atoms with Crippen molar-refractivity contribution in [2.75, 3.05) is 6.54 Å². The number of carbonyl (C=O) groups is 1. The molecule has 0 atom stereocenters. The zero-order valence-electron chi connectivity index (χ0n) is 12.7. The highest BCUT2D eigenvalue weighted by atomic mass is 16.3. The lowest BCUT2D eigenvalue weighted by Gasteiger charge is -2.25. The Morgan fingerprint density at radius 1 is 1.21 bits per heavy atom. The third kappa shape index (κ3) is 6.42. The number of aliphatic hydroxyl groups is 1. The summed E-state index contributed by atoms with van der Waals surface area (Å²) in [6.07, 6.45) is 11.0. The summed E-state index contributed by atoms with van der Waals surface area (Å²) in [7, 11) is 0. The predicted molar refractivity (Wildman–Crippen MR) is 79.0 cm³/mol. The Morgan fingerprint density at radius 2 is 1.84 bits per heavy atom. The molecular weight excluding hydrogens is 238 g/mol. The molecule has 1 rings (SSSR count). The minimum atomic E-state index is -0.723. The van der Waals surface area contributed by atoms with Crippen LogP contribution in [0.25, 0.3) is 0 Å². The SMILES string of the molecule is CCC(O)(CC)CNC(=O)CCCC1CCCCC1. The van der Waals surface area contributed by atoms with Crippen molar-refractivity contribution in [2.45, 2.75) is 83.7 Å². The van der Waals surface area contributed by atoms with Crippen LogP contribution < -0.4 is 5.32 Å². The molecule has 0 saturated heterocycles. The molecule has 3 heteroatoms. The molecule has 0 aliphatic heterocycles. The Kier molecular flexibility index (Phi) is 7.44. The maximum Gasteiger partial charge on any atom is 0.220 e. The van der Waals surface area contributed by atoms with Crippen LogP contribution in [0.15, 0.2) is 0 Å². The largest absolute Gasteiger partial charge is 0.388 e. The summed E-state index contributed by atoms with van der Waals surface area (Å²) in [5.74, 6) is 0.945. The number of hydrogen-bond acceptors (Lipinski definition) is 2. The summed E-state index contributed by atoms with van der Waals surface area (Å²) in [5.41, 5.74) is -0.723. The molecule has 0 heterocycles. The van der Waals surface area contributed by atoms with Gasteiger partial charge in [-0.05, 0) is 31.6 Å². The van der Waals surface area contributed by atoms with Crippen molar-refractivity contribution in [3.8, 4) is 0 Å². The number of nitrogens with one attached hydrogen (secondary N) is 1. The highest BCUT2D eigenvalue weighted by Gasteiger charge is 2.22. The van der Waals surface area contributed by atoms with Gasteiger partial charge in [0.25, 0.3) is 0 Å². The van der Waals surface area contributed by atoms with Crippen molar-refractivity contribution in [3.63, 3.8) is 0 Å². The third-order valence-electron chi connectivity index (χ3n) is 4.67. The monoisotopic (exact) mass is 269 g/mol. The quantitative estimate of drug-likeness (QED) is 0.709. The van der Waals surface area contributed by atoms with Gasteiger partial charge in [0.05, 0.1) is 5.60 Å². The second-order valence-electron chi connectivity index (χ2n) is 6.10. The van der Waals surface area contributed by atoms with E-state index in [-0.39, 0.29) is 5.91 Å². The number of carbonyl (C=O) groups excluding carboxylic acids is 1. The van der Waals surface area contributed by atoms with Crippen LogP contribution in [0.4, 0.5) is 0 Å².